The Morgan fingerprint density at radius 3 is 2.17 bits per heavy atom. The molecule has 0 spiro atoms. The third-order valence-electron chi connectivity index (χ3n) is 2.24. The summed E-state index contributed by atoms with van der Waals surface area (Å²) >= 11 is 0. The lowest BCUT2D eigenvalue weighted by Crippen LogP contribution is -2.13. The van der Waals surface area contributed by atoms with Crippen LogP contribution in [0.4, 0.5) is 18.9 Å². The summed E-state index contributed by atoms with van der Waals surface area (Å²) in [5, 5.41) is 2.22. The van der Waals surface area contributed by atoms with Crippen LogP contribution in [0.1, 0.15) is 10.4 Å². The molecule has 0 fully saturated rings. The Morgan fingerprint density at radius 2 is 1.56 bits per heavy atom. The summed E-state index contributed by atoms with van der Waals surface area (Å²) in [6.07, 6.45) is 0. The molecule has 0 radical (unpaired) electrons. The Bertz CT molecular complexity index is 578. The van der Waals surface area contributed by atoms with Gasteiger partial charge in [-0.2, -0.15) is 0 Å². The van der Waals surface area contributed by atoms with Crippen molar-refractivity contribution in [1.29, 1.82) is 0 Å². The molecule has 5 heteroatoms. The molecule has 18 heavy (non-hydrogen) atoms. The third kappa shape index (κ3) is 2.68. The zero-order chi connectivity index (χ0) is 13.1. The van der Waals surface area contributed by atoms with E-state index < -0.39 is 23.4 Å². The maximum atomic E-state index is 13.3. The second-order valence-corrected chi connectivity index (χ2v) is 3.59. The van der Waals surface area contributed by atoms with Crippen molar-refractivity contribution < 1.29 is 18.0 Å². The summed E-state index contributed by atoms with van der Waals surface area (Å²) in [7, 11) is 0. The number of nitrogens with one attached hydrogen (secondary N) is 1. The average molecular weight is 251 g/mol. The topological polar surface area (TPSA) is 29.1 Å². The third-order valence-corrected chi connectivity index (χ3v) is 2.24. The highest BCUT2D eigenvalue weighted by molar-refractivity contribution is 6.04. The number of hydrogen-bond acceptors (Lipinski definition) is 1. The van der Waals surface area contributed by atoms with Gasteiger partial charge in [-0.25, -0.2) is 13.2 Å². The molecule has 0 unspecified atom stereocenters. The fourth-order valence-electron chi connectivity index (χ4n) is 1.47. The van der Waals surface area contributed by atoms with E-state index in [0.29, 0.717) is 6.07 Å². The zero-order valence-electron chi connectivity index (χ0n) is 9.08. The standard InChI is InChI=1S/C13H8F3NO/c14-8-5-9(15)7-10(6-8)17-13(18)11-3-1-2-4-12(11)16/h1-7H,(H,17,18). The largest absolute Gasteiger partial charge is 0.322 e. The fourth-order valence-corrected chi connectivity index (χ4v) is 1.47. The van der Waals surface area contributed by atoms with Gasteiger partial charge in [-0.15, -0.1) is 0 Å². The van der Waals surface area contributed by atoms with Gasteiger partial charge < -0.3 is 5.32 Å². The first-order valence-corrected chi connectivity index (χ1v) is 5.08. The number of amides is 1. The first-order chi connectivity index (χ1) is 8.56. The molecule has 1 N–H and O–H groups in total. The van der Waals surface area contributed by atoms with Crippen molar-refractivity contribution in [3.63, 3.8) is 0 Å². The molecule has 0 atom stereocenters. The monoisotopic (exact) mass is 251 g/mol. The van der Waals surface area contributed by atoms with Crippen LogP contribution in [0.2, 0.25) is 0 Å². The minimum absolute atomic E-state index is 0.0687. The zero-order valence-corrected chi connectivity index (χ0v) is 9.08. The van der Waals surface area contributed by atoms with Gasteiger partial charge in [0.15, 0.2) is 0 Å². The molecule has 0 aromatic heterocycles. The van der Waals surface area contributed by atoms with E-state index in [1.807, 2.05) is 0 Å². The Morgan fingerprint density at radius 1 is 0.944 bits per heavy atom. The van der Waals surface area contributed by atoms with E-state index in [4.69, 9.17) is 0 Å². The first-order valence-electron chi connectivity index (χ1n) is 5.08. The van der Waals surface area contributed by atoms with Crippen LogP contribution < -0.4 is 5.32 Å². The van der Waals surface area contributed by atoms with Gasteiger partial charge in [0.2, 0.25) is 0 Å². The minimum atomic E-state index is -0.821. The number of anilines is 1. The first kappa shape index (κ1) is 12.2. The summed E-state index contributed by atoms with van der Waals surface area (Å²) in [6.45, 7) is 0. The smallest absolute Gasteiger partial charge is 0.258 e. The fraction of sp³-hybridized carbons (Fsp3) is 0. The van der Waals surface area contributed by atoms with E-state index in [9.17, 15) is 18.0 Å². The molecular weight excluding hydrogens is 243 g/mol. The van der Waals surface area contributed by atoms with Crippen molar-refractivity contribution in [3.8, 4) is 0 Å². The van der Waals surface area contributed by atoms with Gasteiger partial charge in [-0.3, -0.25) is 4.79 Å². The lowest BCUT2D eigenvalue weighted by Gasteiger charge is -2.06. The molecule has 92 valence electrons. The van der Waals surface area contributed by atoms with Gasteiger partial charge in [0, 0.05) is 11.8 Å². The summed E-state index contributed by atoms with van der Waals surface area (Å²) in [5.74, 6) is -3.11. The van der Waals surface area contributed by atoms with Crippen LogP contribution in [0.15, 0.2) is 42.5 Å². The van der Waals surface area contributed by atoms with E-state index in [1.165, 1.54) is 18.2 Å². The van der Waals surface area contributed by atoms with E-state index in [-0.39, 0.29) is 11.3 Å². The highest BCUT2D eigenvalue weighted by Gasteiger charge is 2.11. The molecule has 0 aliphatic carbocycles. The SMILES string of the molecule is O=C(Nc1cc(F)cc(F)c1)c1ccccc1F. The Hall–Kier alpha value is -2.30. The van der Waals surface area contributed by atoms with E-state index >= 15 is 0 Å². The highest BCUT2D eigenvalue weighted by Crippen LogP contribution is 2.15. The van der Waals surface area contributed by atoms with Crippen molar-refractivity contribution in [2.45, 2.75) is 0 Å². The van der Waals surface area contributed by atoms with Gasteiger partial charge in [0.05, 0.1) is 5.56 Å². The van der Waals surface area contributed by atoms with Gasteiger partial charge in [0.1, 0.15) is 17.5 Å². The predicted octanol–water partition coefficient (Wildman–Crippen LogP) is 3.36. The van der Waals surface area contributed by atoms with Gasteiger partial charge >= 0.3 is 0 Å². The Balaban J connectivity index is 2.24. The van der Waals surface area contributed by atoms with Crippen LogP contribution in [-0.4, -0.2) is 5.91 Å². The molecule has 2 rings (SSSR count). The van der Waals surface area contributed by atoms with Crippen LogP contribution in [0, 0.1) is 17.5 Å². The quantitative estimate of drug-likeness (QED) is 0.871. The van der Waals surface area contributed by atoms with Crippen LogP contribution in [-0.2, 0) is 0 Å². The van der Waals surface area contributed by atoms with E-state index in [0.717, 1.165) is 18.2 Å². The molecule has 1 amide bonds. The maximum Gasteiger partial charge on any atom is 0.258 e. The molecule has 0 bridgehead atoms. The number of rotatable bonds is 2. The van der Waals surface area contributed by atoms with Crippen molar-refractivity contribution in [3.05, 3.63) is 65.5 Å². The van der Waals surface area contributed by atoms with Crippen molar-refractivity contribution in [2.24, 2.45) is 0 Å². The summed E-state index contributed by atoms with van der Waals surface area (Å²) in [5.41, 5.74) is -0.261. The minimum Gasteiger partial charge on any atom is -0.322 e. The number of hydrogen-bond donors (Lipinski definition) is 1. The number of carbonyl (C=O) groups is 1. The van der Waals surface area contributed by atoms with Gasteiger partial charge in [0.25, 0.3) is 5.91 Å². The van der Waals surface area contributed by atoms with Crippen LogP contribution in [0.3, 0.4) is 0 Å². The average Bonchev–Trinajstić information content (AvgIpc) is 2.27. The molecule has 2 aromatic rings. The van der Waals surface area contributed by atoms with E-state index in [1.54, 1.807) is 0 Å². The van der Waals surface area contributed by atoms with Crippen LogP contribution in [0.25, 0.3) is 0 Å². The summed E-state index contributed by atoms with van der Waals surface area (Å²) in [6, 6.07) is 7.90. The molecule has 0 heterocycles. The summed E-state index contributed by atoms with van der Waals surface area (Å²) in [4.78, 5) is 11.7. The maximum absolute atomic E-state index is 13.3. The van der Waals surface area contributed by atoms with Crippen LogP contribution in [0.5, 0.6) is 0 Å². The van der Waals surface area contributed by atoms with Crippen LogP contribution >= 0.6 is 0 Å². The normalized spacial score (nSPS) is 10.2. The number of halogens is 3. The van der Waals surface area contributed by atoms with Gasteiger partial charge in [-0.05, 0) is 24.3 Å². The Kier molecular flexibility index (Phi) is 3.32. The molecule has 2 aromatic carbocycles. The molecule has 0 saturated heterocycles. The lowest BCUT2D eigenvalue weighted by atomic mass is 10.2. The molecule has 2 nitrogen and oxygen atoms in total. The molecule has 0 saturated carbocycles. The second-order valence-electron chi connectivity index (χ2n) is 3.59. The second kappa shape index (κ2) is 4.91. The molecule has 0 aliphatic rings. The predicted molar refractivity (Wildman–Crippen MR) is 60.7 cm³/mol. The van der Waals surface area contributed by atoms with Crippen molar-refractivity contribution >= 4 is 11.6 Å². The molecule has 0 aliphatic heterocycles. The molecular formula is C13H8F3NO. The van der Waals surface area contributed by atoms with Crippen molar-refractivity contribution in [1.82, 2.24) is 0 Å². The van der Waals surface area contributed by atoms with Crippen molar-refractivity contribution in [2.75, 3.05) is 5.32 Å². The van der Waals surface area contributed by atoms with Gasteiger partial charge in [-0.1, -0.05) is 12.1 Å². The van der Waals surface area contributed by atoms with E-state index in [2.05, 4.69) is 5.32 Å². The highest BCUT2D eigenvalue weighted by atomic mass is 19.1. The Labute approximate surface area is 101 Å². The number of carbonyl (C=O) groups excluding carboxylic acids is 1. The lowest BCUT2D eigenvalue weighted by molar-refractivity contribution is 0.102. The number of benzene rings is 2. The summed E-state index contributed by atoms with van der Waals surface area (Å²) < 4.78 is 39.1.